The van der Waals surface area contributed by atoms with Gasteiger partial charge in [-0.25, -0.2) is 4.68 Å². The zero-order valence-corrected chi connectivity index (χ0v) is 13.3. The monoisotopic (exact) mass is 319 g/mol. The Morgan fingerprint density at radius 2 is 2.12 bits per heavy atom. The summed E-state index contributed by atoms with van der Waals surface area (Å²) >= 11 is 0. The van der Waals surface area contributed by atoms with Crippen LogP contribution in [0.3, 0.4) is 0 Å². The van der Waals surface area contributed by atoms with E-state index in [-0.39, 0.29) is 5.91 Å². The van der Waals surface area contributed by atoms with E-state index in [2.05, 4.69) is 28.3 Å². The molecule has 0 fully saturated rings. The molecule has 120 valence electrons. The lowest BCUT2D eigenvalue weighted by Crippen LogP contribution is -2.39. The van der Waals surface area contributed by atoms with Crippen LogP contribution in [0.1, 0.15) is 22.8 Å². The second-order valence-corrected chi connectivity index (χ2v) is 6.13. The summed E-state index contributed by atoms with van der Waals surface area (Å²) in [6, 6.07) is 9.89. The van der Waals surface area contributed by atoms with E-state index in [1.807, 2.05) is 23.1 Å². The number of anilines is 1. The van der Waals surface area contributed by atoms with Crippen LogP contribution in [0.4, 0.5) is 5.69 Å². The van der Waals surface area contributed by atoms with Crippen LogP contribution in [0, 0.1) is 5.92 Å². The van der Waals surface area contributed by atoms with Crippen molar-refractivity contribution in [1.29, 1.82) is 0 Å². The first-order valence-corrected chi connectivity index (χ1v) is 7.94. The number of benzene rings is 1. The molecule has 0 spiro atoms. The number of amides is 1. The molecule has 2 aromatic heterocycles. The highest BCUT2D eigenvalue weighted by Crippen LogP contribution is 2.30. The van der Waals surface area contributed by atoms with Crippen molar-refractivity contribution < 1.29 is 4.79 Å². The van der Waals surface area contributed by atoms with E-state index in [9.17, 15) is 4.79 Å². The molecule has 1 aliphatic heterocycles. The molecule has 0 N–H and O–H groups in total. The highest BCUT2D eigenvalue weighted by atomic mass is 16.2. The first-order chi connectivity index (χ1) is 11.7. The summed E-state index contributed by atoms with van der Waals surface area (Å²) in [6.45, 7) is 2.88. The fourth-order valence-corrected chi connectivity index (χ4v) is 3.16. The Kier molecular flexibility index (Phi) is 3.57. The van der Waals surface area contributed by atoms with Crippen molar-refractivity contribution in [2.45, 2.75) is 13.3 Å². The number of aromatic nitrogens is 4. The second-order valence-electron chi connectivity index (χ2n) is 6.13. The van der Waals surface area contributed by atoms with E-state index in [1.54, 1.807) is 35.5 Å². The number of pyridine rings is 1. The minimum Gasteiger partial charge on any atom is -0.308 e. The molecule has 1 amide bonds. The molecule has 0 aliphatic carbocycles. The van der Waals surface area contributed by atoms with Gasteiger partial charge in [-0.3, -0.25) is 9.78 Å². The third kappa shape index (κ3) is 2.56. The molecule has 0 radical (unpaired) electrons. The van der Waals surface area contributed by atoms with Gasteiger partial charge in [0.25, 0.3) is 5.91 Å². The summed E-state index contributed by atoms with van der Waals surface area (Å²) in [5, 5.41) is 7.74. The Morgan fingerprint density at radius 1 is 1.25 bits per heavy atom. The van der Waals surface area contributed by atoms with E-state index >= 15 is 0 Å². The Bertz CT molecular complexity index is 875. The number of rotatable bonds is 2. The maximum Gasteiger partial charge on any atom is 0.259 e. The molecule has 24 heavy (non-hydrogen) atoms. The number of nitrogens with zero attached hydrogens (tertiary/aromatic N) is 5. The number of hydrogen-bond donors (Lipinski definition) is 0. The summed E-state index contributed by atoms with van der Waals surface area (Å²) in [7, 11) is 0. The van der Waals surface area contributed by atoms with E-state index in [4.69, 9.17) is 0 Å². The van der Waals surface area contributed by atoms with Crippen LogP contribution in [-0.2, 0) is 6.42 Å². The lowest BCUT2D eigenvalue weighted by atomic mass is 9.93. The number of fused-ring (bicyclic) bond motifs is 1. The van der Waals surface area contributed by atoms with Gasteiger partial charge in [0.15, 0.2) is 0 Å². The zero-order valence-electron chi connectivity index (χ0n) is 13.3. The quantitative estimate of drug-likeness (QED) is 0.728. The summed E-state index contributed by atoms with van der Waals surface area (Å²) < 4.78 is 1.59. The molecular weight excluding hydrogens is 302 g/mol. The largest absolute Gasteiger partial charge is 0.308 e. The predicted octanol–water partition coefficient (Wildman–Crippen LogP) is 2.50. The minimum atomic E-state index is -0.0385. The molecule has 6 nitrogen and oxygen atoms in total. The van der Waals surface area contributed by atoms with Crippen LogP contribution in [0.15, 0.2) is 55.1 Å². The highest BCUT2D eigenvalue weighted by Gasteiger charge is 2.27. The van der Waals surface area contributed by atoms with Gasteiger partial charge in [-0.15, -0.1) is 5.10 Å². The number of hydrogen-bond acceptors (Lipinski definition) is 4. The van der Waals surface area contributed by atoms with Crippen LogP contribution < -0.4 is 4.90 Å². The smallest absolute Gasteiger partial charge is 0.259 e. The molecule has 0 saturated carbocycles. The fourth-order valence-electron chi connectivity index (χ4n) is 3.16. The van der Waals surface area contributed by atoms with Gasteiger partial charge in [0.05, 0.1) is 29.8 Å². The fraction of sp³-hybridized carbons (Fsp3) is 0.222. The third-order valence-corrected chi connectivity index (χ3v) is 4.25. The predicted molar refractivity (Wildman–Crippen MR) is 90.1 cm³/mol. The van der Waals surface area contributed by atoms with Crippen molar-refractivity contribution in [2.24, 2.45) is 5.92 Å². The number of para-hydroxylation sites is 1. The van der Waals surface area contributed by atoms with E-state index in [0.29, 0.717) is 18.0 Å². The van der Waals surface area contributed by atoms with Crippen molar-refractivity contribution in [3.8, 4) is 5.69 Å². The van der Waals surface area contributed by atoms with Gasteiger partial charge in [0, 0.05) is 18.4 Å². The third-order valence-electron chi connectivity index (χ3n) is 4.25. The maximum absolute atomic E-state index is 13.1. The van der Waals surface area contributed by atoms with Crippen LogP contribution in [0.25, 0.3) is 5.69 Å². The topological polar surface area (TPSA) is 63.9 Å². The van der Waals surface area contributed by atoms with Gasteiger partial charge in [0.1, 0.15) is 0 Å². The highest BCUT2D eigenvalue weighted by molar-refractivity contribution is 6.06. The summed E-state index contributed by atoms with van der Waals surface area (Å²) in [4.78, 5) is 19.1. The van der Waals surface area contributed by atoms with Crippen LogP contribution in [0.5, 0.6) is 0 Å². The Morgan fingerprint density at radius 3 is 2.96 bits per heavy atom. The lowest BCUT2D eigenvalue weighted by Gasteiger charge is -2.33. The van der Waals surface area contributed by atoms with Gasteiger partial charge in [-0.05, 0) is 30.0 Å². The van der Waals surface area contributed by atoms with Crippen LogP contribution >= 0.6 is 0 Å². The molecular formula is C18H17N5O. The van der Waals surface area contributed by atoms with E-state index in [0.717, 1.165) is 17.8 Å². The molecule has 3 heterocycles. The molecule has 1 unspecified atom stereocenters. The second kappa shape index (κ2) is 5.88. The Hall–Kier alpha value is -3.02. The maximum atomic E-state index is 13.1. The van der Waals surface area contributed by atoms with Crippen molar-refractivity contribution in [1.82, 2.24) is 20.0 Å². The van der Waals surface area contributed by atoms with Crippen molar-refractivity contribution in [3.05, 3.63) is 66.2 Å². The lowest BCUT2D eigenvalue weighted by molar-refractivity contribution is 0.0980. The number of carbonyl (C=O) groups is 1. The van der Waals surface area contributed by atoms with E-state index in [1.165, 1.54) is 5.56 Å². The molecule has 1 aliphatic rings. The molecule has 1 aromatic carbocycles. The minimum absolute atomic E-state index is 0.0385. The van der Waals surface area contributed by atoms with Gasteiger partial charge in [0.2, 0.25) is 0 Å². The first-order valence-electron chi connectivity index (χ1n) is 7.94. The van der Waals surface area contributed by atoms with E-state index < -0.39 is 0 Å². The zero-order chi connectivity index (χ0) is 16.5. The van der Waals surface area contributed by atoms with Crippen molar-refractivity contribution in [3.63, 3.8) is 0 Å². The molecule has 0 bridgehead atoms. The van der Waals surface area contributed by atoms with Crippen LogP contribution in [-0.4, -0.2) is 32.4 Å². The van der Waals surface area contributed by atoms with Crippen molar-refractivity contribution >= 4 is 11.6 Å². The van der Waals surface area contributed by atoms with Gasteiger partial charge in [-0.1, -0.05) is 30.3 Å². The molecule has 6 heteroatoms. The first kappa shape index (κ1) is 14.6. The summed E-state index contributed by atoms with van der Waals surface area (Å²) in [6.07, 6.45) is 7.58. The van der Waals surface area contributed by atoms with Crippen LogP contribution in [0.2, 0.25) is 0 Å². The SMILES string of the molecule is CC1Cc2ccccc2N(C(=O)c2cncc(-n3ccnn3)c2)C1. The molecule has 4 rings (SSSR count). The van der Waals surface area contributed by atoms with Gasteiger partial charge < -0.3 is 4.90 Å². The molecule has 0 saturated heterocycles. The van der Waals surface area contributed by atoms with Gasteiger partial charge >= 0.3 is 0 Å². The average Bonchev–Trinajstić information content (AvgIpc) is 3.15. The summed E-state index contributed by atoms with van der Waals surface area (Å²) in [5.41, 5.74) is 3.47. The standard InChI is InChI=1S/C18H17N5O/c1-13-8-14-4-2-3-5-17(14)22(12-13)18(24)15-9-16(11-19-10-15)23-7-6-20-21-23/h2-7,9-11,13H,8,12H2,1H3. The Labute approximate surface area is 139 Å². The van der Waals surface area contributed by atoms with Crippen molar-refractivity contribution in [2.75, 3.05) is 11.4 Å². The Balaban J connectivity index is 1.71. The van der Waals surface area contributed by atoms with Gasteiger partial charge in [-0.2, -0.15) is 0 Å². The number of carbonyl (C=O) groups excluding carboxylic acids is 1. The summed E-state index contributed by atoms with van der Waals surface area (Å²) in [5.74, 6) is 0.388. The average molecular weight is 319 g/mol. The molecule has 1 atom stereocenters. The molecule has 3 aromatic rings. The normalized spacial score (nSPS) is 16.7.